The van der Waals surface area contributed by atoms with Gasteiger partial charge in [0.05, 0.1) is 33.5 Å². The van der Waals surface area contributed by atoms with E-state index in [9.17, 15) is 0 Å². The third-order valence-electron chi connectivity index (χ3n) is 8.27. The van der Waals surface area contributed by atoms with Crippen molar-refractivity contribution in [2.24, 2.45) is 0 Å². The lowest BCUT2D eigenvalue weighted by Crippen LogP contribution is -1.91. The third-order valence-corrected chi connectivity index (χ3v) is 9.09. The van der Waals surface area contributed by atoms with Gasteiger partial charge < -0.3 is 19.0 Å². The highest BCUT2D eigenvalue weighted by molar-refractivity contribution is 14.1. The quantitative estimate of drug-likeness (QED) is 0.174. The molecule has 0 bridgehead atoms. The fraction of sp³-hybridized carbons (Fsp3) is 0.194. The normalized spacial score (nSPS) is 11.5. The number of fused-ring (bicyclic) bond motifs is 3. The summed E-state index contributed by atoms with van der Waals surface area (Å²) in [5.74, 6) is 3.48. The maximum absolute atomic E-state index is 5.42. The SMILES string of the molecule is Cc1nc2c(-c3c(C)ccc4ncccc34)cc(-c3c(C)noc3C)cc2[nH]1.Cc1nc2c(I)cc(-c3c(C)noc3C)cc2[nH]1. The van der Waals surface area contributed by atoms with Crippen LogP contribution in [0.4, 0.5) is 0 Å². The molecular weight excluding hydrogens is 689 g/mol. The molecule has 0 radical (unpaired) electrons. The topological polar surface area (TPSA) is 122 Å². The van der Waals surface area contributed by atoms with E-state index in [0.29, 0.717) is 0 Å². The summed E-state index contributed by atoms with van der Waals surface area (Å²) in [7, 11) is 0. The summed E-state index contributed by atoms with van der Waals surface area (Å²) >= 11 is 2.31. The van der Waals surface area contributed by atoms with Gasteiger partial charge in [-0.1, -0.05) is 22.4 Å². The minimum absolute atomic E-state index is 0.815. The van der Waals surface area contributed by atoms with Crippen molar-refractivity contribution in [3.8, 4) is 33.4 Å². The van der Waals surface area contributed by atoms with Gasteiger partial charge in [0.25, 0.3) is 0 Å². The summed E-state index contributed by atoms with van der Waals surface area (Å²) in [5.41, 5.74) is 14.6. The maximum Gasteiger partial charge on any atom is 0.141 e. The Morgan fingerprint density at radius 2 is 1.24 bits per heavy atom. The Bertz CT molecular complexity index is 2390. The second kappa shape index (κ2) is 11.5. The second-order valence-electron chi connectivity index (χ2n) is 11.6. The number of H-pyrrole nitrogens is 2. The van der Waals surface area contributed by atoms with Gasteiger partial charge in [-0.3, -0.25) is 4.98 Å². The van der Waals surface area contributed by atoms with E-state index >= 15 is 0 Å². The van der Waals surface area contributed by atoms with Crippen molar-refractivity contribution in [1.82, 2.24) is 35.2 Å². The van der Waals surface area contributed by atoms with E-state index in [2.05, 4.69) is 102 Å². The van der Waals surface area contributed by atoms with Gasteiger partial charge in [-0.2, -0.15) is 0 Å². The van der Waals surface area contributed by atoms with Gasteiger partial charge in [0.1, 0.15) is 28.7 Å². The van der Waals surface area contributed by atoms with Gasteiger partial charge in [-0.15, -0.1) is 0 Å². The molecule has 0 unspecified atom stereocenters. The molecule has 0 saturated heterocycles. The number of nitrogens with one attached hydrogen (secondary N) is 2. The van der Waals surface area contributed by atoms with E-state index in [4.69, 9.17) is 14.0 Å². The van der Waals surface area contributed by atoms with Crippen molar-refractivity contribution in [3.05, 3.63) is 98.4 Å². The summed E-state index contributed by atoms with van der Waals surface area (Å²) in [6, 6.07) is 16.8. The van der Waals surface area contributed by atoms with Crippen molar-refractivity contribution in [3.63, 3.8) is 0 Å². The number of halogens is 1. The van der Waals surface area contributed by atoms with E-state index in [0.717, 1.165) is 104 Å². The molecule has 5 aromatic heterocycles. The molecule has 8 aromatic rings. The first-order valence-corrected chi connectivity index (χ1v) is 16.0. The van der Waals surface area contributed by atoms with Crippen LogP contribution in [-0.2, 0) is 0 Å². The van der Waals surface area contributed by atoms with Gasteiger partial charge in [0, 0.05) is 31.8 Å². The highest BCUT2D eigenvalue weighted by Crippen LogP contribution is 2.39. The Morgan fingerprint density at radius 3 is 1.85 bits per heavy atom. The van der Waals surface area contributed by atoms with Crippen LogP contribution in [0, 0.1) is 52.0 Å². The zero-order chi connectivity index (χ0) is 32.3. The smallest absolute Gasteiger partial charge is 0.141 e. The van der Waals surface area contributed by atoms with Crippen LogP contribution in [0.15, 0.2) is 63.8 Å². The summed E-state index contributed by atoms with van der Waals surface area (Å²) < 4.78 is 11.8. The minimum Gasteiger partial charge on any atom is -0.361 e. The molecule has 8 rings (SSSR count). The Hall–Kier alpha value is -4.84. The Labute approximate surface area is 279 Å². The van der Waals surface area contributed by atoms with Crippen molar-refractivity contribution in [2.75, 3.05) is 0 Å². The van der Waals surface area contributed by atoms with Crippen LogP contribution in [0.1, 0.15) is 40.1 Å². The molecule has 0 spiro atoms. The molecule has 2 N–H and O–H groups in total. The molecular formula is C36H32IN7O2. The maximum atomic E-state index is 5.42. The minimum atomic E-state index is 0.815. The van der Waals surface area contributed by atoms with Crippen LogP contribution in [0.5, 0.6) is 0 Å². The van der Waals surface area contributed by atoms with Crippen LogP contribution in [0.25, 0.3) is 66.4 Å². The first-order chi connectivity index (χ1) is 22.1. The monoisotopic (exact) mass is 721 g/mol. The van der Waals surface area contributed by atoms with Gasteiger partial charge >= 0.3 is 0 Å². The molecule has 0 fully saturated rings. The summed E-state index contributed by atoms with van der Waals surface area (Å²) in [5, 5.41) is 9.27. The molecule has 0 aliphatic carbocycles. The highest BCUT2D eigenvalue weighted by atomic mass is 127. The number of hydrogen-bond donors (Lipinski definition) is 2. The molecule has 9 nitrogen and oxygen atoms in total. The number of hydrogen-bond acceptors (Lipinski definition) is 7. The largest absolute Gasteiger partial charge is 0.361 e. The Kier molecular flexibility index (Phi) is 7.47. The van der Waals surface area contributed by atoms with Crippen molar-refractivity contribution < 1.29 is 9.05 Å². The lowest BCUT2D eigenvalue weighted by atomic mass is 9.92. The lowest BCUT2D eigenvalue weighted by molar-refractivity contribution is 0.393. The molecule has 230 valence electrons. The molecule has 0 aliphatic rings. The van der Waals surface area contributed by atoms with Crippen molar-refractivity contribution in [2.45, 2.75) is 48.5 Å². The number of aromatic amines is 2. The Morgan fingerprint density at radius 1 is 0.652 bits per heavy atom. The zero-order valence-electron chi connectivity index (χ0n) is 26.6. The lowest BCUT2D eigenvalue weighted by Gasteiger charge is -2.13. The van der Waals surface area contributed by atoms with E-state index < -0.39 is 0 Å². The van der Waals surface area contributed by atoms with Crippen LogP contribution < -0.4 is 0 Å². The van der Waals surface area contributed by atoms with Crippen LogP contribution in [0.2, 0.25) is 0 Å². The van der Waals surface area contributed by atoms with Gasteiger partial charge in [0.2, 0.25) is 0 Å². The van der Waals surface area contributed by atoms with Crippen molar-refractivity contribution >= 4 is 55.6 Å². The molecule has 3 aromatic carbocycles. The summed E-state index contributed by atoms with van der Waals surface area (Å²) in [6.07, 6.45) is 1.83. The third kappa shape index (κ3) is 5.16. The molecule has 10 heteroatoms. The van der Waals surface area contributed by atoms with E-state index in [1.807, 2.05) is 53.8 Å². The van der Waals surface area contributed by atoms with E-state index in [1.165, 1.54) is 5.56 Å². The van der Waals surface area contributed by atoms with Gasteiger partial charge in [-0.05, 0) is 130 Å². The average molecular weight is 722 g/mol. The predicted octanol–water partition coefficient (Wildman–Crippen LogP) is 9.41. The van der Waals surface area contributed by atoms with E-state index in [-0.39, 0.29) is 0 Å². The van der Waals surface area contributed by atoms with Gasteiger partial charge in [0.15, 0.2) is 0 Å². The Balaban J connectivity index is 0.000000162. The average Bonchev–Trinajstić information content (AvgIpc) is 3.77. The molecule has 0 aliphatic heterocycles. The second-order valence-corrected chi connectivity index (χ2v) is 12.8. The summed E-state index contributed by atoms with van der Waals surface area (Å²) in [6.45, 7) is 13.9. The van der Waals surface area contributed by atoms with Gasteiger partial charge in [-0.25, -0.2) is 9.97 Å². The fourth-order valence-electron chi connectivity index (χ4n) is 6.33. The first kappa shape index (κ1) is 29.8. The standard InChI is InChI=1S/C23H20N4O.C13H12IN3O/c1-12-7-8-19-17(6-5-9-24-19)21(12)18-10-16(22-13(2)27-28-14(22)3)11-20-23(18)26-15(4)25-20;1-6-12(7(2)18-17-6)9-4-10(14)13-11(5-9)15-8(3)16-13/h5-11H,1-4H3,(H,25,26);4-5H,1-3H3,(H,15,16). The number of benzene rings is 3. The number of pyridine rings is 1. The van der Waals surface area contributed by atoms with E-state index in [1.54, 1.807) is 0 Å². The number of aryl methyl sites for hydroxylation is 7. The van der Waals surface area contributed by atoms with Crippen LogP contribution >= 0.6 is 22.6 Å². The zero-order valence-corrected chi connectivity index (χ0v) is 28.8. The van der Waals surface area contributed by atoms with Crippen LogP contribution in [-0.4, -0.2) is 35.2 Å². The molecule has 0 atom stereocenters. The molecule has 5 heterocycles. The first-order valence-electron chi connectivity index (χ1n) is 15.0. The van der Waals surface area contributed by atoms with Crippen LogP contribution in [0.3, 0.4) is 0 Å². The predicted molar refractivity (Wildman–Crippen MR) is 190 cm³/mol. The molecule has 0 saturated carbocycles. The summed E-state index contributed by atoms with van der Waals surface area (Å²) in [4.78, 5) is 20.5. The number of aromatic nitrogens is 7. The van der Waals surface area contributed by atoms with Crippen molar-refractivity contribution in [1.29, 1.82) is 0 Å². The fourth-order valence-corrected chi connectivity index (χ4v) is 7.07. The molecule has 46 heavy (non-hydrogen) atoms. The number of rotatable bonds is 3. The molecule has 0 amide bonds. The number of nitrogens with zero attached hydrogens (tertiary/aromatic N) is 5. The number of imidazole rings is 2. The highest BCUT2D eigenvalue weighted by Gasteiger charge is 2.19.